The lowest BCUT2D eigenvalue weighted by atomic mass is 9.86. The molecule has 0 radical (unpaired) electrons. The normalized spacial score (nSPS) is 30.8. The fraction of sp³-hybridized carbons (Fsp3) is 0.900. The van der Waals surface area contributed by atoms with Crippen LogP contribution in [0.2, 0.25) is 0 Å². The second-order valence-electron chi connectivity index (χ2n) is 4.38. The fourth-order valence-electron chi connectivity index (χ4n) is 2.23. The van der Waals surface area contributed by atoms with Gasteiger partial charge in [-0.1, -0.05) is 0 Å². The molecule has 3 nitrogen and oxygen atoms in total. The van der Waals surface area contributed by atoms with E-state index in [0.717, 1.165) is 19.4 Å². The summed E-state index contributed by atoms with van der Waals surface area (Å²) >= 11 is 0. The molecule has 1 fully saturated rings. The Morgan fingerprint density at radius 3 is 2.46 bits per heavy atom. The first-order valence-corrected chi connectivity index (χ1v) is 5.05. The molecule has 0 aromatic rings. The van der Waals surface area contributed by atoms with Gasteiger partial charge < -0.3 is 5.73 Å². The van der Waals surface area contributed by atoms with Crippen molar-refractivity contribution in [1.29, 1.82) is 0 Å². The number of carbonyl (C=O) groups excluding carboxylic acids is 1. The highest BCUT2D eigenvalue weighted by Crippen LogP contribution is 2.29. The maximum atomic E-state index is 11.4. The Hall–Kier alpha value is -0.570. The number of carbonyl (C=O) groups is 1. The molecule has 1 amide bonds. The summed E-state index contributed by atoms with van der Waals surface area (Å²) in [4.78, 5) is 13.6. The molecule has 0 aliphatic carbocycles. The Balaban J connectivity index is 2.83. The van der Waals surface area contributed by atoms with E-state index in [4.69, 9.17) is 5.73 Å². The van der Waals surface area contributed by atoms with E-state index < -0.39 is 5.54 Å². The van der Waals surface area contributed by atoms with Crippen molar-refractivity contribution in [3.05, 3.63) is 0 Å². The summed E-state index contributed by atoms with van der Waals surface area (Å²) in [6.07, 6.45) is 3.20. The molecule has 0 spiro atoms. The second kappa shape index (κ2) is 3.66. The van der Waals surface area contributed by atoms with Gasteiger partial charge in [0.2, 0.25) is 5.91 Å². The molecule has 1 heterocycles. The Morgan fingerprint density at radius 1 is 1.46 bits per heavy atom. The third-order valence-electron chi connectivity index (χ3n) is 3.10. The molecule has 1 saturated heterocycles. The summed E-state index contributed by atoms with van der Waals surface area (Å²) in [5, 5.41) is 0. The van der Waals surface area contributed by atoms with Crippen molar-refractivity contribution in [1.82, 2.24) is 4.90 Å². The monoisotopic (exact) mass is 184 g/mol. The smallest absolute Gasteiger partial charge is 0.237 e. The van der Waals surface area contributed by atoms with E-state index in [1.54, 1.807) is 0 Å². The Bertz CT molecular complexity index is 203. The predicted octanol–water partition coefficient (Wildman–Crippen LogP) is 1.12. The van der Waals surface area contributed by atoms with Gasteiger partial charge in [-0.25, -0.2) is 0 Å². The van der Waals surface area contributed by atoms with Gasteiger partial charge in [0.25, 0.3) is 0 Å². The Labute approximate surface area is 80.3 Å². The lowest BCUT2D eigenvalue weighted by molar-refractivity contribution is -0.133. The van der Waals surface area contributed by atoms with Crippen molar-refractivity contribution < 1.29 is 4.79 Å². The van der Waals surface area contributed by atoms with Crippen LogP contribution in [0.25, 0.3) is 0 Å². The molecule has 1 rings (SSSR count). The molecule has 0 saturated carbocycles. The average molecular weight is 184 g/mol. The van der Waals surface area contributed by atoms with Crippen molar-refractivity contribution in [2.75, 3.05) is 6.54 Å². The summed E-state index contributed by atoms with van der Waals surface area (Å²) in [6, 6.07) is 0.401. The van der Waals surface area contributed by atoms with E-state index in [1.165, 1.54) is 6.42 Å². The molecule has 13 heavy (non-hydrogen) atoms. The number of piperidine rings is 1. The molecule has 2 N–H and O–H groups in total. The summed E-state index contributed by atoms with van der Waals surface area (Å²) in [7, 11) is 0. The first-order chi connectivity index (χ1) is 5.98. The van der Waals surface area contributed by atoms with Gasteiger partial charge in [-0.05, 0) is 46.6 Å². The number of amides is 1. The van der Waals surface area contributed by atoms with E-state index in [9.17, 15) is 4.79 Å². The summed E-state index contributed by atoms with van der Waals surface area (Å²) < 4.78 is 0. The number of rotatable bonds is 2. The van der Waals surface area contributed by atoms with Crippen LogP contribution in [0.4, 0.5) is 0 Å². The lowest BCUT2D eigenvalue weighted by Gasteiger charge is -2.45. The number of nitrogens with two attached hydrogens (primary N) is 1. The van der Waals surface area contributed by atoms with E-state index in [-0.39, 0.29) is 5.91 Å². The third-order valence-corrected chi connectivity index (χ3v) is 3.10. The minimum atomic E-state index is -0.410. The van der Waals surface area contributed by atoms with Gasteiger partial charge in [-0.15, -0.1) is 0 Å². The molecule has 76 valence electrons. The first-order valence-electron chi connectivity index (χ1n) is 5.05. The predicted molar refractivity (Wildman–Crippen MR) is 53.3 cm³/mol. The highest BCUT2D eigenvalue weighted by molar-refractivity contribution is 5.84. The zero-order valence-electron chi connectivity index (χ0n) is 8.84. The Morgan fingerprint density at radius 2 is 2.08 bits per heavy atom. The Kier molecular flexibility index (Phi) is 2.96. The largest absolute Gasteiger partial charge is 0.368 e. The topological polar surface area (TPSA) is 46.3 Å². The highest BCUT2D eigenvalue weighted by atomic mass is 16.1. The maximum Gasteiger partial charge on any atom is 0.237 e. The van der Waals surface area contributed by atoms with Crippen molar-refractivity contribution in [3.8, 4) is 0 Å². The molecular weight excluding hydrogens is 164 g/mol. The van der Waals surface area contributed by atoms with Crippen LogP contribution in [0.15, 0.2) is 0 Å². The highest BCUT2D eigenvalue weighted by Gasteiger charge is 2.40. The molecule has 0 aromatic carbocycles. The maximum absolute atomic E-state index is 11.4. The molecule has 1 unspecified atom stereocenters. The quantitative estimate of drug-likeness (QED) is 0.699. The van der Waals surface area contributed by atoms with E-state index >= 15 is 0 Å². The van der Waals surface area contributed by atoms with E-state index in [1.807, 2.05) is 6.92 Å². The van der Waals surface area contributed by atoms with Gasteiger partial charge in [0, 0.05) is 6.04 Å². The van der Waals surface area contributed by atoms with Crippen LogP contribution >= 0.6 is 0 Å². The van der Waals surface area contributed by atoms with Gasteiger partial charge in [-0.2, -0.15) is 0 Å². The van der Waals surface area contributed by atoms with Crippen LogP contribution in [-0.2, 0) is 4.79 Å². The van der Waals surface area contributed by atoms with Gasteiger partial charge >= 0.3 is 0 Å². The van der Waals surface area contributed by atoms with Crippen LogP contribution in [0.1, 0.15) is 40.0 Å². The molecular formula is C10H20N2O. The van der Waals surface area contributed by atoms with Crippen molar-refractivity contribution in [2.24, 2.45) is 5.73 Å². The van der Waals surface area contributed by atoms with Crippen LogP contribution in [0.5, 0.6) is 0 Å². The molecule has 1 aliphatic heterocycles. The molecule has 3 heteroatoms. The minimum absolute atomic E-state index is 0.180. The van der Waals surface area contributed by atoms with Gasteiger partial charge in [-0.3, -0.25) is 9.69 Å². The van der Waals surface area contributed by atoms with E-state index in [2.05, 4.69) is 18.7 Å². The van der Waals surface area contributed by atoms with E-state index in [0.29, 0.717) is 6.04 Å². The lowest BCUT2D eigenvalue weighted by Crippen LogP contribution is -2.59. The molecule has 1 aliphatic rings. The summed E-state index contributed by atoms with van der Waals surface area (Å²) in [5.41, 5.74) is 5.04. The second-order valence-corrected chi connectivity index (χ2v) is 4.38. The fourth-order valence-corrected chi connectivity index (χ4v) is 2.23. The number of likely N-dealkylation sites (tertiary alicyclic amines) is 1. The summed E-state index contributed by atoms with van der Waals surface area (Å²) in [6.45, 7) is 7.20. The average Bonchev–Trinajstić information content (AvgIpc) is 2.04. The van der Waals surface area contributed by atoms with Crippen molar-refractivity contribution >= 4 is 5.91 Å². The zero-order chi connectivity index (χ0) is 10.1. The molecule has 0 aromatic heterocycles. The molecule has 1 atom stereocenters. The van der Waals surface area contributed by atoms with Crippen LogP contribution < -0.4 is 5.73 Å². The third kappa shape index (κ3) is 1.85. The van der Waals surface area contributed by atoms with Gasteiger partial charge in [0.05, 0.1) is 5.54 Å². The number of nitrogens with zero attached hydrogens (tertiary/aromatic N) is 1. The van der Waals surface area contributed by atoms with Gasteiger partial charge in [0.15, 0.2) is 0 Å². The summed E-state index contributed by atoms with van der Waals surface area (Å²) in [5.74, 6) is -0.180. The molecule has 0 bridgehead atoms. The van der Waals surface area contributed by atoms with Crippen molar-refractivity contribution in [3.63, 3.8) is 0 Å². The van der Waals surface area contributed by atoms with Crippen LogP contribution in [0, 0.1) is 0 Å². The first kappa shape index (κ1) is 10.5. The number of primary amides is 1. The van der Waals surface area contributed by atoms with Crippen LogP contribution in [0.3, 0.4) is 0 Å². The van der Waals surface area contributed by atoms with Crippen LogP contribution in [-0.4, -0.2) is 28.9 Å². The standard InChI is InChI=1S/C10H20N2O/c1-8(2)12-7-5-4-6-10(12,3)9(11)13/h8H,4-7H2,1-3H3,(H2,11,13). The minimum Gasteiger partial charge on any atom is -0.368 e. The number of hydrogen-bond acceptors (Lipinski definition) is 2. The zero-order valence-corrected chi connectivity index (χ0v) is 8.84. The number of hydrogen-bond donors (Lipinski definition) is 1. The van der Waals surface area contributed by atoms with Crippen molar-refractivity contribution in [2.45, 2.75) is 51.6 Å². The van der Waals surface area contributed by atoms with Gasteiger partial charge in [0.1, 0.15) is 0 Å². The SMILES string of the molecule is CC(C)N1CCCCC1(C)C(N)=O.